The van der Waals surface area contributed by atoms with Crippen LogP contribution in [0.2, 0.25) is 0 Å². The highest BCUT2D eigenvalue weighted by molar-refractivity contribution is 7.89. The topological polar surface area (TPSA) is 95.3 Å². The number of aromatic nitrogens is 2. The molecule has 2 aliphatic rings. The standard InChI is InChI=1S/C19H27N5O4S2/c1-2-30(27,28)23-5-3-15(4-6-23)18(26)22-9-7-21(8-10-22)14-16-13-17(25)24-11-12-29-19(24)20-16/h11-13,15H,2-10,14H2,1H3. The third kappa shape index (κ3) is 4.43. The molecule has 0 radical (unpaired) electrons. The molecule has 9 nitrogen and oxygen atoms in total. The van der Waals surface area contributed by atoms with Crippen molar-refractivity contribution in [2.75, 3.05) is 45.0 Å². The fourth-order valence-electron chi connectivity index (χ4n) is 4.15. The van der Waals surface area contributed by atoms with Crippen molar-refractivity contribution in [3.63, 3.8) is 0 Å². The molecule has 4 heterocycles. The number of fused-ring (bicyclic) bond motifs is 1. The van der Waals surface area contributed by atoms with E-state index in [9.17, 15) is 18.0 Å². The lowest BCUT2D eigenvalue weighted by molar-refractivity contribution is -0.138. The summed E-state index contributed by atoms with van der Waals surface area (Å²) in [6.07, 6.45) is 2.91. The fraction of sp³-hybridized carbons (Fsp3) is 0.632. The average molecular weight is 454 g/mol. The van der Waals surface area contributed by atoms with Crippen LogP contribution in [0, 0.1) is 5.92 Å². The van der Waals surface area contributed by atoms with Gasteiger partial charge in [-0.1, -0.05) is 0 Å². The summed E-state index contributed by atoms with van der Waals surface area (Å²) in [5, 5.41) is 1.85. The third-order valence-corrected chi connectivity index (χ3v) is 8.63. The molecule has 4 rings (SSSR count). The molecule has 0 spiro atoms. The Morgan fingerprint density at radius 1 is 1.17 bits per heavy atom. The second-order valence-electron chi connectivity index (χ2n) is 7.82. The van der Waals surface area contributed by atoms with Crippen LogP contribution >= 0.6 is 11.3 Å². The van der Waals surface area contributed by atoms with Gasteiger partial charge in [0, 0.05) is 69.4 Å². The van der Waals surface area contributed by atoms with Gasteiger partial charge in [-0.2, -0.15) is 0 Å². The highest BCUT2D eigenvalue weighted by Crippen LogP contribution is 2.23. The fourth-order valence-corrected chi connectivity index (χ4v) is 6.02. The molecule has 0 aromatic carbocycles. The molecule has 0 aliphatic carbocycles. The zero-order valence-corrected chi connectivity index (χ0v) is 18.7. The quantitative estimate of drug-likeness (QED) is 0.653. The third-order valence-electron chi connectivity index (χ3n) is 5.99. The Morgan fingerprint density at radius 3 is 2.53 bits per heavy atom. The predicted molar refractivity (Wildman–Crippen MR) is 115 cm³/mol. The number of hydrogen-bond acceptors (Lipinski definition) is 7. The van der Waals surface area contributed by atoms with Gasteiger partial charge in [-0.25, -0.2) is 17.7 Å². The van der Waals surface area contributed by atoms with Crippen molar-refractivity contribution in [3.05, 3.63) is 33.7 Å². The van der Waals surface area contributed by atoms with E-state index in [1.54, 1.807) is 23.6 Å². The lowest BCUT2D eigenvalue weighted by Crippen LogP contribution is -2.51. The van der Waals surface area contributed by atoms with Gasteiger partial charge in [-0.05, 0) is 19.8 Å². The van der Waals surface area contributed by atoms with Crippen molar-refractivity contribution in [2.24, 2.45) is 5.92 Å². The first kappa shape index (κ1) is 21.4. The molecule has 2 aromatic rings. The van der Waals surface area contributed by atoms with Crippen molar-refractivity contribution >= 4 is 32.2 Å². The number of hydrogen-bond donors (Lipinski definition) is 0. The van der Waals surface area contributed by atoms with Crippen LogP contribution < -0.4 is 5.56 Å². The minimum absolute atomic E-state index is 0.0681. The van der Waals surface area contributed by atoms with Crippen molar-refractivity contribution in [2.45, 2.75) is 26.3 Å². The molecule has 0 bridgehead atoms. The Kier molecular flexibility index (Phi) is 6.24. The Morgan fingerprint density at radius 2 is 1.87 bits per heavy atom. The van der Waals surface area contributed by atoms with Crippen LogP contribution in [0.4, 0.5) is 0 Å². The maximum atomic E-state index is 12.9. The molecule has 0 N–H and O–H groups in total. The van der Waals surface area contributed by atoms with Gasteiger partial charge in [0.05, 0.1) is 11.4 Å². The molecule has 2 fully saturated rings. The van der Waals surface area contributed by atoms with Gasteiger partial charge in [-0.15, -0.1) is 11.3 Å². The van der Waals surface area contributed by atoms with Crippen LogP contribution in [0.15, 0.2) is 22.4 Å². The first-order valence-electron chi connectivity index (χ1n) is 10.3. The predicted octanol–water partition coefficient (Wildman–Crippen LogP) is 0.462. The number of piperazine rings is 1. The van der Waals surface area contributed by atoms with Crippen LogP contribution in [-0.2, 0) is 21.4 Å². The minimum Gasteiger partial charge on any atom is -0.340 e. The average Bonchev–Trinajstić information content (AvgIpc) is 3.23. The number of rotatable bonds is 5. The SMILES string of the molecule is CCS(=O)(=O)N1CCC(C(=O)N2CCN(Cc3cc(=O)n4ccsc4n3)CC2)CC1. The number of carbonyl (C=O) groups excluding carboxylic acids is 1. The molecule has 0 saturated carbocycles. The molecule has 164 valence electrons. The Hall–Kier alpha value is -1.82. The van der Waals surface area contributed by atoms with Crippen molar-refractivity contribution in [1.82, 2.24) is 23.5 Å². The molecule has 0 unspecified atom stereocenters. The van der Waals surface area contributed by atoms with E-state index in [-0.39, 0.29) is 23.1 Å². The summed E-state index contributed by atoms with van der Waals surface area (Å²) in [6, 6.07) is 1.58. The zero-order chi connectivity index (χ0) is 21.3. The molecular weight excluding hydrogens is 426 g/mol. The van der Waals surface area contributed by atoms with Gasteiger partial charge in [0.15, 0.2) is 4.96 Å². The van der Waals surface area contributed by atoms with Gasteiger partial charge in [0.2, 0.25) is 15.9 Å². The van der Waals surface area contributed by atoms with Gasteiger partial charge >= 0.3 is 0 Å². The van der Waals surface area contributed by atoms with Gasteiger partial charge in [-0.3, -0.25) is 18.9 Å². The van der Waals surface area contributed by atoms with E-state index in [1.807, 2.05) is 10.3 Å². The number of nitrogens with zero attached hydrogens (tertiary/aromatic N) is 5. The minimum atomic E-state index is -3.17. The Labute approximate surface area is 180 Å². The van der Waals surface area contributed by atoms with E-state index in [0.29, 0.717) is 50.5 Å². The maximum Gasteiger partial charge on any atom is 0.258 e. The van der Waals surface area contributed by atoms with E-state index in [4.69, 9.17) is 0 Å². The Bertz CT molecular complexity index is 1060. The van der Waals surface area contributed by atoms with Crippen LogP contribution in [0.5, 0.6) is 0 Å². The lowest BCUT2D eigenvalue weighted by Gasteiger charge is -2.38. The Balaban J connectivity index is 1.29. The summed E-state index contributed by atoms with van der Waals surface area (Å²) in [5.41, 5.74) is 0.688. The smallest absolute Gasteiger partial charge is 0.258 e. The number of piperidine rings is 1. The monoisotopic (exact) mass is 453 g/mol. The van der Waals surface area contributed by atoms with Crippen molar-refractivity contribution < 1.29 is 13.2 Å². The molecular formula is C19H27N5O4S2. The highest BCUT2D eigenvalue weighted by Gasteiger charge is 2.33. The largest absolute Gasteiger partial charge is 0.340 e. The van der Waals surface area contributed by atoms with E-state index >= 15 is 0 Å². The molecule has 0 atom stereocenters. The van der Waals surface area contributed by atoms with Crippen molar-refractivity contribution in [3.8, 4) is 0 Å². The second-order valence-corrected chi connectivity index (χ2v) is 10.9. The van der Waals surface area contributed by atoms with E-state index in [1.165, 1.54) is 15.6 Å². The molecule has 2 saturated heterocycles. The van der Waals surface area contributed by atoms with Crippen molar-refractivity contribution in [1.29, 1.82) is 0 Å². The van der Waals surface area contributed by atoms with E-state index < -0.39 is 10.0 Å². The van der Waals surface area contributed by atoms with Gasteiger partial charge in [0.25, 0.3) is 5.56 Å². The van der Waals surface area contributed by atoms with Crippen LogP contribution in [0.25, 0.3) is 4.96 Å². The number of carbonyl (C=O) groups is 1. The van der Waals surface area contributed by atoms with E-state index in [2.05, 4.69) is 9.88 Å². The summed E-state index contributed by atoms with van der Waals surface area (Å²) in [5.74, 6) is 0.149. The van der Waals surface area contributed by atoms with E-state index in [0.717, 1.165) is 18.8 Å². The zero-order valence-electron chi connectivity index (χ0n) is 17.1. The first-order chi connectivity index (χ1) is 14.4. The summed E-state index contributed by atoms with van der Waals surface area (Å²) >= 11 is 1.44. The summed E-state index contributed by atoms with van der Waals surface area (Å²) in [7, 11) is -3.17. The van der Waals surface area contributed by atoms with Crippen LogP contribution in [-0.4, -0.2) is 82.8 Å². The number of sulfonamides is 1. The number of thiazole rings is 1. The molecule has 11 heteroatoms. The molecule has 30 heavy (non-hydrogen) atoms. The lowest BCUT2D eigenvalue weighted by atomic mass is 9.96. The summed E-state index contributed by atoms with van der Waals surface area (Å²) < 4.78 is 27.0. The molecule has 2 aromatic heterocycles. The maximum absolute atomic E-state index is 12.9. The van der Waals surface area contributed by atoms with Gasteiger partial charge < -0.3 is 4.90 Å². The first-order valence-corrected chi connectivity index (χ1v) is 12.8. The highest BCUT2D eigenvalue weighted by atomic mass is 32.2. The normalized spacial score (nSPS) is 20.1. The summed E-state index contributed by atoms with van der Waals surface area (Å²) in [4.78, 5) is 34.4. The molecule has 2 aliphatic heterocycles. The number of amides is 1. The summed E-state index contributed by atoms with van der Waals surface area (Å²) in [6.45, 7) is 5.87. The van der Waals surface area contributed by atoms with Crippen LogP contribution in [0.3, 0.4) is 0 Å². The second kappa shape index (κ2) is 8.74. The van der Waals surface area contributed by atoms with Gasteiger partial charge in [0.1, 0.15) is 0 Å². The molecule has 1 amide bonds. The van der Waals surface area contributed by atoms with Crippen LogP contribution in [0.1, 0.15) is 25.5 Å².